The van der Waals surface area contributed by atoms with Gasteiger partial charge in [-0.15, -0.1) is 4.72 Å². The first-order valence-electron chi connectivity index (χ1n) is 7.37. The smallest absolute Gasteiger partial charge is 0.272 e. The molecule has 0 fully saturated rings. The molecule has 1 aromatic carbocycles. The predicted molar refractivity (Wildman–Crippen MR) is 93.8 cm³/mol. The first-order chi connectivity index (χ1) is 11.2. The molecule has 0 aliphatic carbocycles. The zero-order valence-corrected chi connectivity index (χ0v) is 14.9. The first-order valence-corrected chi connectivity index (χ1v) is 8.52. The Morgan fingerprint density at radius 2 is 2.04 bits per heavy atom. The highest BCUT2D eigenvalue weighted by molar-refractivity contribution is 7.89. The lowest BCUT2D eigenvalue weighted by Crippen LogP contribution is -2.40. The van der Waals surface area contributed by atoms with Gasteiger partial charge in [0.2, 0.25) is 0 Å². The molecule has 0 aliphatic heterocycles. The summed E-state index contributed by atoms with van der Waals surface area (Å²) in [6, 6.07) is 10.3. The van der Waals surface area contributed by atoms with Gasteiger partial charge in [0.1, 0.15) is 5.69 Å². The molecule has 1 unspecified atom stereocenters. The lowest BCUT2D eigenvalue weighted by molar-refractivity contribution is 0.101. The van der Waals surface area contributed by atoms with Crippen LogP contribution in [0.2, 0.25) is 0 Å². The topological polar surface area (TPSA) is 92.9 Å². The molecule has 24 heavy (non-hydrogen) atoms. The van der Waals surface area contributed by atoms with E-state index in [1.54, 1.807) is 48.1 Å². The second-order valence-electron chi connectivity index (χ2n) is 6.44. The molecule has 1 aromatic heterocycles. The van der Waals surface area contributed by atoms with E-state index in [1.807, 2.05) is 26.8 Å². The summed E-state index contributed by atoms with van der Waals surface area (Å²) in [6.45, 7) is 5.76. The number of aromatic nitrogens is 1. The number of rotatable bonds is 4. The maximum absolute atomic E-state index is 12.4. The Bertz CT molecular complexity index is 787. The van der Waals surface area contributed by atoms with Gasteiger partial charge >= 0.3 is 0 Å². The van der Waals surface area contributed by atoms with Gasteiger partial charge in [-0.2, -0.15) is 5.26 Å². The molecular weight excluding hydrogens is 324 g/mol. The van der Waals surface area contributed by atoms with Gasteiger partial charge in [-0.3, -0.25) is 4.79 Å². The third-order valence-electron chi connectivity index (χ3n) is 3.07. The standard InChI is InChI=1S/C17H20N4O2S/c1-17(2,3)20-24(23)14-9-15(21(4)11-14)16(22)19-13-7-5-6-12(8-13)10-18/h5-9,11,20H,1-4H3,(H,19,22). The van der Waals surface area contributed by atoms with Crippen LogP contribution in [0.1, 0.15) is 36.8 Å². The summed E-state index contributed by atoms with van der Waals surface area (Å²) in [5.41, 5.74) is 1.09. The van der Waals surface area contributed by atoms with Crippen LogP contribution in [-0.4, -0.2) is 20.6 Å². The number of amides is 1. The van der Waals surface area contributed by atoms with Gasteiger partial charge in [-0.05, 0) is 39.0 Å². The number of nitrogens with one attached hydrogen (secondary N) is 2. The average Bonchev–Trinajstić information content (AvgIpc) is 2.88. The first kappa shape index (κ1) is 18.1. The van der Waals surface area contributed by atoms with E-state index in [1.165, 1.54) is 0 Å². The minimum atomic E-state index is -1.40. The molecule has 2 aromatic rings. The Balaban J connectivity index is 2.17. The van der Waals surface area contributed by atoms with Crippen molar-refractivity contribution in [3.63, 3.8) is 0 Å². The molecule has 0 bridgehead atoms. The van der Waals surface area contributed by atoms with E-state index in [0.717, 1.165) is 0 Å². The molecule has 126 valence electrons. The quantitative estimate of drug-likeness (QED) is 0.834. The Kier molecular flexibility index (Phi) is 5.34. The minimum Gasteiger partial charge on any atom is -0.593 e. The van der Waals surface area contributed by atoms with Crippen LogP contribution in [0.3, 0.4) is 0 Å². The lowest BCUT2D eigenvalue weighted by atomic mass is 10.1. The molecule has 1 amide bonds. The summed E-state index contributed by atoms with van der Waals surface area (Å²) in [6.07, 6.45) is 1.66. The van der Waals surface area contributed by atoms with E-state index in [4.69, 9.17) is 5.26 Å². The number of benzene rings is 1. The number of hydrogen-bond donors (Lipinski definition) is 2. The maximum atomic E-state index is 12.4. The number of carbonyl (C=O) groups excluding carboxylic acids is 1. The third kappa shape index (κ3) is 4.61. The number of hydrogen-bond acceptors (Lipinski definition) is 4. The number of nitriles is 1. The van der Waals surface area contributed by atoms with E-state index in [0.29, 0.717) is 21.8 Å². The van der Waals surface area contributed by atoms with Crippen molar-refractivity contribution in [2.45, 2.75) is 31.2 Å². The van der Waals surface area contributed by atoms with Crippen LogP contribution in [0, 0.1) is 11.3 Å². The van der Waals surface area contributed by atoms with Crippen LogP contribution >= 0.6 is 0 Å². The van der Waals surface area contributed by atoms with E-state index >= 15 is 0 Å². The SMILES string of the molecule is Cn1cc([S+]([O-])NC(C)(C)C)cc1C(=O)Nc1cccc(C#N)c1. The summed E-state index contributed by atoms with van der Waals surface area (Å²) >= 11 is -1.40. The van der Waals surface area contributed by atoms with Crippen LogP contribution in [-0.2, 0) is 18.4 Å². The van der Waals surface area contributed by atoms with Crippen LogP contribution in [0.15, 0.2) is 41.4 Å². The lowest BCUT2D eigenvalue weighted by Gasteiger charge is -2.20. The second kappa shape index (κ2) is 7.09. The molecule has 0 aliphatic rings. The van der Waals surface area contributed by atoms with Crippen molar-refractivity contribution in [2.75, 3.05) is 5.32 Å². The Morgan fingerprint density at radius 1 is 1.33 bits per heavy atom. The number of anilines is 1. The molecule has 1 atom stereocenters. The Hall–Kier alpha value is -2.27. The number of aryl methyl sites for hydroxylation is 1. The summed E-state index contributed by atoms with van der Waals surface area (Å²) in [4.78, 5) is 13.0. The molecule has 0 saturated heterocycles. The van der Waals surface area contributed by atoms with E-state index in [9.17, 15) is 9.35 Å². The van der Waals surface area contributed by atoms with E-state index in [2.05, 4.69) is 10.0 Å². The summed E-state index contributed by atoms with van der Waals surface area (Å²) < 4.78 is 16.9. The fraction of sp³-hybridized carbons (Fsp3) is 0.294. The molecule has 1 heterocycles. The fourth-order valence-electron chi connectivity index (χ4n) is 2.06. The van der Waals surface area contributed by atoms with Gasteiger partial charge in [-0.25, -0.2) is 0 Å². The Labute approximate surface area is 144 Å². The molecule has 0 radical (unpaired) electrons. The van der Waals surface area contributed by atoms with Gasteiger partial charge in [0.25, 0.3) is 5.91 Å². The molecule has 6 nitrogen and oxygen atoms in total. The minimum absolute atomic E-state index is 0.305. The highest BCUT2D eigenvalue weighted by Gasteiger charge is 2.24. The van der Waals surface area contributed by atoms with Gasteiger partial charge in [0.15, 0.2) is 4.90 Å². The highest BCUT2D eigenvalue weighted by atomic mass is 32.2. The van der Waals surface area contributed by atoms with Crippen LogP contribution < -0.4 is 10.0 Å². The van der Waals surface area contributed by atoms with E-state index < -0.39 is 11.4 Å². The fourth-order valence-corrected chi connectivity index (χ4v) is 3.21. The second-order valence-corrected chi connectivity index (χ2v) is 7.65. The van der Waals surface area contributed by atoms with E-state index in [-0.39, 0.29) is 11.4 Å². The zero-order valence-electron chi connectivity index (χ0n) is 14.1. The molecule has 2 N–H and O–H groups in total. The number of carbonyl (C=O) groups is 1. The number of nitrogens with zero attached hydrogens (tertiary/aromatic N) is 2. The predicted octanol–water partition coefficient (Wildman–Crippen LogP) is 2.56. The monoisotopic (exact) mass is 344 g/mol. The van der Waals surface area contributed by atoms with Gasteiger partial charge in [-0.1, -0.05) is 6.07 Å². The van der Waals surface area contributed by atoms with Crippen molar-refractivity contribution in [2.24, 2.45) is 7.05 Å². The molecule has 2 rings (SSSR count). The highest BCUT2D eigenvalue weighted by Crippen LogP contribution is 2.18. The Morgan fingerprint density at radius 3 is 2.67 bits per heavy atom. The largest absolute Gasteiger partial charge is 0.593 e. The van der Waals surface area contributed by atoms with Crippen molar-refractivity contribution < 1.29 is 9.35 Å². The molecule has 7 heteroatoms. The third-order valence-corrected chi connectivity index (χ3v) is 4.52. The van der Waals surface area contributed by atoms with Crippen molar-refractivity contribution in [1.29, 1.82) is 5.26 Å². The molecule has 0 saturated carbocycles. The van der Waals surface area contributed by atoms with Crippen LogP contribution in [0.4, 0.5) is 5.69 Å². The maximum Gasteiger partial charge on any atom is 0.272 e. The summed E-state index contributed by atoms with van der Waals surface area (Å²) in [7, 11) is 1.72. The van der Waals surface area contributed by atoms with Crippen molar-refractivity contribution >= 4 is 23.0 Å². The van der Waals surface area contributed by atoms with Crippen molar-refractivity contribution in [3.8, 4) is 6.07 Å². The zero-order chi connectivity index (χ0) is 17.9. The summed E-state index contributed by atoms with van der Waals surface area (Å²) in [5.74, 6) is -0.327. The van der Waals surface area contributed by atoms with Crippen molar-refractivity contribution in [1.82, 2.24) is 9.29 Å². The average molecular weight is 344 g/mol. The van der Waals surface area contributed by atoms with Gasteiger partial charge < -0.3 is 14.4 Å². The van der Waals surface area contributed by atoms with Crippen LogP contribution in [0.25, 0.3) is 0 Å². The molecular formula is C17H20N4O2S. The van der Waals surface area contributed by atoms with Gasteiger partial charge in [0, 0.05) is 18.8 Å². The summed E-state index contributed by atoms with van der Waals surface area (Å²) in [5, 5.41) is 11.7. The van der Waals surface area contributed by atoms with Crippen molar-refractivity contribution in [3.05, 3.63) is 47.8 Å². The molecule has 0 spiro atoms. The van der Waals surface area contributed by atoms with Crippen LogP contribution in [0.5, 0.6) is 0 Å². The normalized spacial score (nSPS) is 12.5. The van der Waals surface area contributed by atoms with Gasteiger partial charge in [0.05, 0.1) is 34.7 Å².